The minimum atomic E-state index is 0.683. The molecule has 0 saturated heterocycles. The van der Waals surface area contributed by atoms with Crippen LogP contribution in [0.15, 0.2) is 150 Å². The van der Waals surface area contributed by atoms with Gasteiger partial charge < -0.3 is 4.42 Å². The SMILES string of the molecule is c1ccc(-c2ccc(-c3nc(-c4cc(-c5ccccc5)c5c(c4)sc4ccccc45)nc4c3oc3ccccc34)cc2)cc1. The molecule has 0 radical (unpaired) electrons. The Labute approximate surface area is 257 Å². The molecule has 206 valence electrons. The first kappa shape index (κ1) is 25.0. The highest BCUT2D eigenvalue weighted by atomic mass is 32.1. The van der Waals surface area contributed by atoms with E-state index < -0.39 is 0 Å². The second kappa shape index (κ2) is 10.0. The van der Waals surface area contributed by atoms with E-state index in [0.717, 1.165) is 38.9 Å². The summed E-state index contributed by atoms with van der Waals surface area (Å²) in [7, 11) is 0. The molecule has 4 heteroatoms. The molecule has 9 rings (SSSR count). The number of nitrogens with zero attached hydrogens (tertiary/aromatic N) is 2. The lowest BCUT2D eigenvalue weighted by atomic mass is 9.96. The third-order valence-electron chi connectivity index (χ3n) is 8.31. The second-order valence-electron chi connectivity index (χ2n) is 11.0. The first-order valence-corrected chi connectivity index (χ1v) is 15.5. The molecule has 0 saturated carbocycles. The standard InChI is InChI=1S/C40H24N2OS/c1-3-11-25(12-4-1)26-19-21-28(22-20-26)37-39-38(30-15-7-9-17-33(30)43-39)42-40(41-37)29-23-32(27-13-5-2-6-14-27)36-31-16-8-10-18-34(31)44-35(36)24-29/h1-24H. The third kappa shape index (κ3) is 4.03. The van der Waals surface area contributed by atoms with Gasteiger partial charge in [0, 0.05) is 36.7 Å². The number of aromatic nitrogens is 2. The van der Waals surface area contributed by atoms with Gasteiger partial charge in [-0.2, -0.15) is 0 Å². The highest BCUT2D eigenvalue weighted by Gasteiger charge is 2.20. The summed E-state index contributed by atoms with van der Waals surface area (Å²) < 4.78 is 8.91. The van der Waals surface area contributed by atoms with E-state index in [4.69, 9.17) is 14.4 Å². The molecule has 0 N–H and O–H groups in total. The molecule has 0 spiro atoms. The average Bonchev–Trinajstić information content (AvgIpc) is 3.67. The molecule has 0 aliphatic rings. The zero-order chi connectivity index (χ0) is 29.0. The van der Waals surface area contributed by atoms with Gasteiger partial charge in [-0.05, 0) is 52.6 Å². The summed E-state index contributed by atoms with van der Waals surface area (Å²) in [5, 5.41) is 3.53. The smallest absolute Gasteiger partial charge is 0.180 e. The summed E-state index contributed by atoms with van der Waals surface area (Å²) in [6.45, 7) is 0. The number of rotatable bonds is 4. The average molecular weight is 581 g/mol. The lowest BCUT2D eigenvalue weighted by Crippen LogP contribution is -1.94. The molecule has 3 nitrogen and oxygen atoms in total. The Hall–Kier alpha value is -5.58. The molecule has 3 aromatic heterocycles. The predicted molar refractivity (Wildman–Crippen MR) is 184 cm³/mol. The molecule has 9 aromatic rings. The molecule has 0 aliphatic heterocycles. The number of benzene rings is 6. The van der Waals surface area contributed by atoms with E-state index in [1.54, 1.807) is 0 Å². The lowest BCUT2D eigenvalue weighted by molar-refractivity contribution is 0.667. The summed E-state index contributed by atoms with van der Waals surface area (Å²) in [5.74, 6) is 0.683. The molecule has 0 atom stereocenters. The third-order valence-corrected chi connectivity index (χ3v) is 9.42. The number of fused-ring (bicyclic) bond motifs is 6. The van der Waals surface area contributed by atoms with Crippen LogP contribution in [0.5, 0.6) is 0 Å². The minimum Gasteiger partial charge on any atom is -0.452 e. The highest BCUT2D eigenvalue weighted by molar-refractivity contribution is 7.26. The molecule has 44 heavy (non-hydrogen) atoms. The second-order valence-corrected chi connectivity index (χ2v) is 12.1. The van der Waals surface area contributed by atoms with Crippen LogP contribution in [0.25, 0.3) is 87.1 Å². The Bertz CT molecular complexity index is 2480. The van der Waals surface area contributed by atoms with Crippen LogP contribution in [0.1, 0.15) is 0 Å². The van der Waals surface area contributed by atoms with Gasteiger partial charge in [-0.15, -0.1) is 11.3 Å². The number of hydrogen-bond acceptors (Lipinski definition) is 4. The highest BCUT2D eigenvalue weighted by Crippen LogP contribution is 2.43. The van der Waals surface area contributed by atoms with Crippen LogP contribution in [-0.2, 0) is 0 Å². The largest absolute Gasteiger partial charge is 0.452 e. The van der Waals surface area contributed by atoms with E-state index in [2.05, 4.69) is 121 Å². The first-order valence-electron chi connectivity index (χ1n) is 14.7. The van der Waals surface area contributed by atoms with Crippen LogP contribution >= 0.6 is 11.3 Å². The van der Waals surface area contributed by atoms with Gasteiger partial charge >= 0.3 is 0 Å². The maximum atomic E-state index is 6.42. The van der Waals surface area contributed by atoms with Crippen molar-refractivity contribution in [3.63, 3.8) is 0 Å². The topological polar surface area (TPSA) is 38.9 Å². The number of thiophene rings is 1. The van der Waals surface area contributed by atoms with Crippen molar-refractivity contribution in [3.05, 3.63) is 146 Å². The Morgan fingerprint density at radius 1 is 0.477 bits per heavy atom. The fourth-order valence-corrected chi connectivity index (χ4v) is 7.37. The van der Waals surface area contributed by atoms with Crippen LogP contribution in [0, 0.1) is 0 Å². The van der Waals surface area contributed by atoms with E-state index in [0.29, 0.717) is 11.4 Å². The van der Waals surface area contributed by atoms with Gasteiger partial charge in [0.1, 0.15) is 16.8 Å². The van der Waals surface area contributed by atoms with Crippen molar-refractivity contribution in [2.45, 2.75) is 0 Å². The van der Waals surface area contributed by atoms with Gasteiger partial charge in [-0.1, -0.05) is 115 Å². The molecule has 0 aliphatic carbocycles. The van der Waals surface area contributed by atoms with Crippen molar-refractivity contribution in [3.8, 4) is 44.9 Å². The molecular weight excluding hydrogens is 557 g/mol. The van der Waals surface area contributed by atoms with Gasteiger partial charge in [-0.25, -0.2) is 9.97 Å². The van der Waals surface area contributed by atoms with Crippen LogP contribution in [-0.4, -0.2) is 9.97 Å². The van der Waals surface area contributed by atoms with Crippen molar-refractivity contribution in [1.82, 2.24) is 9.97 Å². The van der Waals surface area contributed by atoms with Crippen molar-refractivity contribution < 1.29 is 4.42 Å². The van der Waals surface area contributed by atoms with Gasteiger partial charge in [0.15, 0.2) is 11.4 Å². The molecule has 0 fully saturated rings. The zero-order valence-corrected chi connectivity index (χ0v) is 24.4. The number of furan rings is 1. The molecular formula is C40H24N2OS. The monoisotopic (exact) mass is 580 g/mol. The van der Waals surface area contributed by atoms with Crippen LogP contribution < -0.4 is 0 Å². The fraction of sp³-hybridized carbons (Fsp3) is 0. The lowest BCUT2D eigenvalue weighted by Gasteiger charge is -2.11. The molecule has 0 bridgehead atoms. The van der Waals surface area contributed by atoms with E-state index in [1.807, 2.05) is 35.6 Å². The maximum Gasteiger partial charge on any atom is 0.180 e. The van der Waals surface area contributed by atoms with Crippen molar-refractivity contribution in [2.24, 2.45) is 0 Å². The van der Waals surface area contributed by atoms with E-state index >= 15 is 0 Å². The Morgan fingerprint density at radius 2 is 1.11 bits per heavy atom. The van der Waals surface area contributed by atoms with Crippen LogP contribution in [0.2, 0.25) is 0 Å². The summed E-state index contributed by atoms with van der Waals surface area (Å²) in [5.41, 5.74) is 9.80. The number of para-hydroxylation sites is 1. The maximum absolute atomic E-state index is 6.42. The van der Waals surface area contributed by atoms with E-state index in [9.17, 15) is 0 Å². The van der Waals surface area contributed by atoms with E-state index in [1.165, 1.54) is 36.9 Å². The van der Waals surface area contributed by atoms with Crippen molar-refractivity contribution in [1.29, 1.82) is 0 Å². The van der Waals surface area contributed by atoms with Crippen molar-refractivity contribution in [2.75, 3.05) is 0 Å². The normalized spacial score (nSPS) is 11.6. The fourth-order valence-electron chi connectivity index (χ4n) is 6.20. The summed E-state index contributed by atoms with van der Waals surface area (Å²) in [4.78, 5) is 10.4. The number of hydrogen-bond donors (Lipinski definition) is 0. The Kier molecular flexibility index (Phi) is 5.68. The van der Waals surface area contributed by atoms with Crippen LogP contribution in [0.4, 0.5) is 0 Å². The Balaban J connectivity index is 1.30. The van der Waals surface area contributed by atoms with Gasteiger partial charge in [0.2, 0.25) is 0 Å². The van der Waals surface area contributed by atoms with Gasteiger partial charge in [-0.3, -0.25) is 0 Å². The summed E-state index contributed by atoms with van der Waals surface area (Å²) in [6, 6.07) is 50.8. The quantitative estimate of drug-likeness (QED) is 0.208. The first-order chi connectivity index (χ1) is 21.8. The van der Waals surface area contributed by atoms with Crippen molar-refractivity contribution >= 4 is 53.6 Å². The molecule has 0 unspecified atom stereocenters. The minimum absolute atomic E-state index is 0.683. The predicted octanol–water partition coefficient (Wildman–Crippen LogP) is 11.4. The Morgan fingerprint density at radius 3 is 1.91 bits per heavy atom. The van der Waals surface area contributed by atoms with Gasteiger partial charge in [0.05, 0.1) is 0 Å². The summed E-state index contributed by atoms with van der Waals surface area (Å²) >= 11 is 1.81. The van der Waals surface area contributed by atoms with Gasteiger partial charge in [0.25, 0.3) is 0 Å². The summed E-state index contributed by atoms with van der Waals surface area (Å²) in [6.07, 6.45) is 0. The molecule has 3 heterocycles. The van der Waals surface area contributed by atoms with E-state index in [-0.39, 0.29) is 0 Å². The zero-order valence-electron chi connectivity index (χ0n) is 23.6. The molecule has 6 aromatic carbocycles. The van der Waals surface area contributed by atoms with Crippen LogP contribution in [0.3, 0.4) is 0 Å². The molecule has 0 amide bonds.